The highest BCUT2D eigenvalue weighted by atomic mass is 16.5. The summed E-state index contributed by atoms with van der Waals surface area (Å²) in [7, 11) is 2.10. The maximum absolute atomic E-state index is 5.41. The number of rotatable bonds is 4. The van der Waals surface area contributed by atoms with Gasteiger partial charge in [0.15, 0.2) is 0 Å². The Kier molecular flexibility index (Phi) is 3.77. The molecule has 1 atom stereocenters. The summed E-state index contributed by atoms with van der Waals surface area (Å²) in [6, 6.07) is 4.37. The number of likely N-dealkylation sites (N-methyl/N-ethyl adjacent to an activating group) is 1. The predicted molar refractivity (Wildman–Crippen MR) is 57.7 cm³/mol. The van der Waals surface area contributed by atoms with Crippen LogP contribution >= 0.6 is 0 Å². The van der Waals surface area contributed by atoms with Crippen LogP contribution in [-0.2, 0) is 11.3 Å². The molecule has 4 heteroatoms. The molecule has 1 aromatic heterocycles. The number of hydrogen-bond acceptors (Lipinski definition) is 4. The Labute approximate surface area is 90.2 Å². The summed E-state index contributed by atoms with van der Waals surface area (Å²) in [5.74, 6) is 1.01. The van der Waals surface area contributed by atoms with Crippen molar-refractivity contribution in [2.45, 2.75) is 12.6 Å². The zero-order valence-electron chi connectivity index (χ0n) is 9.11. The lowest BCUT2D eigenvalue weighted by Gasteiger charge is -2.27. The second-order valence-electron chi connectivity index (χ2n) is 4.00. The van der Waals surface area contributed by atoms with Crippen molar-refractivity contribution in [2.24, 2.45) is 0 Å². The monoisotopic (exact) mass is 210 g/mol. The summed E-state index contributed by atoms with van der Waals surface area (Å²) in [5, 5.41) is 3.43. The molecule has 15 heavy (non-hydrogen) atoms. The topological polar surface area (TPSA) is 37.6 Å². The molecule has 2 rings (SSSR count). The summed E-state index contributed by atoms with van der Waals surface area (Å²) >= 11 is 0. The van der Waals surface area contributed by atoms with E-state index in [0.717, 1.165) is 38.6 Å². The third-order valence-electron chi connectivity index (χ3n) is 2.54. The van der Waals surface area contributed by atoms with E-state index in [1.54, 1.807) is 6.26 Å². The lowest BCUT2D eigenvalue weighted by molar-refractivity contribution is 0.0637. The van der Waals surface area contributed by atoms with Gasteiger partial charge >= 0.3 is 0 Å². The van der Waals surface area contributed by atoms with Crippen LogP contribution in [0.2, 0.25) is 0 Å². The van der Waals surface area contributed by atoms with Crippen molar-refractivity contribution in [2.75, 3.05) is 33.4 Å². The molecule has 0 amide bonds. The minimum Gasteiger partial charge on any atom is -0.468 e. The molecule has 0 aliphatic carbocycles. The number of ether oxygens (including phenoxy) is 1. The van der Waals surface area contributed by atoms with Crippen molar-refractivity contribution >= 4 is 0 Å². The first-order valence-corrected chi connectivity index (χ1v) is 5.36. The Morgan fingerprint density at radius 2 is 2.53 bits per heavy atom. The minimum absolute atomic E-state index is 0.443. The van der Waals surface area contributed by atoms with Gasteiger partial charge in [-0.05, 0) is 19.2 Å². The first kappa shape index (κ1) is 10.7. The Bertz CT molecular complexity index is 268. The van der Waals surface area contributed by atoms with Gasteiger partial charge in [0.2, 0.25) is 0 Å². The quantitative estimate of drug-likeness (QED) is 0.794. The highest BCUT2D eigenvalue weighted by molar-refractivity contribution is 4.97. The Balaban J connectivity index is 1.74. The summed E-state index contributed by atoms with van der Waals surface area (Å²) in [4.78, 5) is 2.24. The maximum Gasteiger partial charge on any atom is 0.117 e. The van der Waals surface area contributed by atoms with Crippen molar-refractivity contribution in [1.29, 1.82) is 0 Å². The van der Waals surface area contributed by atoms with Gasteiger partial charge in [0, 0.05) is 19.1 Å². The fraction of sp³-hybridized carbons (Fsp3) is 0.636. The van der Waals surface area contributed by atoms with E-state index in [-0.39, 0.29) is 0 Å². The zero-order chi connectivity index (χ0) is 10.5. The number of nitrogens with zero attached hydrogens (tertiary/aromatic N) is 1. The van der Waals surface area contributed by atoms with E-state index in [4.69, 9.17) is 9.15 Å². The number of hydrogen-bond donors (Lipinski definition) is 1. The van der Waals surface area contributed by atoms with Crippen LogP contribution in [-0.4, -0.2) is 44.3 Å². The molecule has 1 aromatic rings. The molecule has 84 valence electrons. The first-order valence-electron chi connectivity index (χ1n) is 5.36. The number of furan rings is 1. The summed E-state index contributed by atoms with van der Waals surface area (Å²) < 4.78 is 10.7. The van der Waals surface area contributed by atoms with Crippen molar-refractivity contribution in [3.05, 3.63) is 24.2 Å². The summed E-state index contributed by atoms with van der Waals surface area (Å²) in [5.41, 5.74) is 0. The van der Waals surface area contributed by atoms with Gasteiger partial charge in [-0.15, -0.1) is 0 Å². The predicted octanol–water partition coefficient (Wildman–Crippen LogP) is 0.700. The number of nitrogens with one attached hydrogen (secondary N) is 1. The van der Waals surface area contributed by atoms with Crippen LogP contribution in [0.4, 0.5) is 0 Å². The molecule has 1 aliphatic rings. The average molecular weight is 210 g/mol. The molecule has 1 N–H and O–H groups in total. The van der Waals surface area contributed by atoms with Crippen LogP contribution in [0.25, 0.3) is 0 Å². The summed E-state index contributed by atoms with van der Waals surface area (Å²) in [6.07, 6.45) is 1.71. The van der Waals surface area contributed by atoms with Crippen molar-refractivity contribution in [1.82, 2.24) is 10.2 Å². The van der Waals surface area contributed by atoms with Crippen molar-refractivity contribution < 1.29 is 9.15 Å². The standard InChI is InChI=1S/C11H18N2O2/c1-13(8-11-3-2-5-15-11)7-10-9-14-6-4-12-10/h2-3,5,10,12H,4,6-9H2,1H3. The largest absolute Gasteiger partial charge is 0.468 e. The van der Waals surface area contributed by atoms with Crippen LogP contribution in [0.3, 0.4) is 0 Å². The Hall–Kier alpha value is -0.840. The van der Waals surface area contributed by atoms with Crippen molar-refractivity contribution in [3.63, 3.8) is 0 Å². The molecular formula is C11H18N2O2. The fourth-order valence-corrected chi connectivity index (χ4v) is 1.85. The molecule has 1 aliphatic heterocycles. The Morgan fingerprint density at radius 1 is 1.60 bits per heavy atom. The molecule has 0 radical (unpaired) electrons. The second kappa shape index (κ2) is 5.30. The first-order chi connectivity index (χ1) is 7.34. The third-order valence-corrected chi connectivity index (χ3v) is 2.54. The SMILES string of the molecule is CN(Cc1ccco1)CC1COCCN1. The second-order valence-corrected chi connectivity index (χ2v) is 4.00. The van der Waals surface area contributed by atoms with Crippen LogP contribution < -0.4 is 5.32 Å². The van der Waals surface area contributed by atoms with Crippen LogP contribution in [0, 0.1) is 0 Å². The van der Waals surface area contributed by atoms with Gasteiger partial charge in [0.05, 0.1) is 26.0 Å². The molecule has 4 nitrogen and oxygen atoms in total. The molecule has 2 heterocycles. The lowest BCUT2D eigenvalue weighted by Crippen LogP contribution is -2.47. The number of morpholine rings is 1. The van der Waals surface area contributed by atoms with Gasteiger partial charge in [-0.25, -0.2) is 0 Å². The smallest absolute Gasteiger partial charge is 0.117 e. The van der Waals surface area contributed by atoms with E-state index in [1.807, 2.05) is 12.1 Å². The lowest BCUT2D eigenvalue weighted by atomic mass is 10.2. The van der Waals surface area contributed by atoms with Gasteiger partial charge in [-0.2, -0.15) is 0 Å². The van der Waals surface area contributed by atoms with E-state index < -0.39 is 0 Å². The maximum atomic E-state index is 5.41. The molecule has 1 fully saturated rings. The van der Waals surface area contributed by atoms with E-state index in [2.05, 4.69) is 17.3 Å². The Morgan fingerprint density at radius 3 is 3.20 bits per heavy atom. The van der Waals surface area contributed by atoms with Gasteiger partial charge in [0.1, 0.15) is 5.76 Å². The average Bonchev–Trinajstić information content (AvgIpc) is 2.71. The molecule has 0 bridgehead atoms. The van der Waals surface area contributed by atoms with Crippen LogP contribution in [0.5, 0.6) is 0 Å². The van der Waals surface area contributed by atoms with E-state index in [9.17, 15) is 0 Å². The molecule has 0 spiro atoms. The van der Waals surface area contributed by atoms with Crippen molar-refractivity contribution in [3.8, 4) is 0 Å². The minimum atomic E-state index is 0.443. The molecular weight excluding hydrogens is 192 g/mol. The van der Waals surface area contributed by atoms with Crippen LogP contribution in [0.1, 0.15) is 5.76 Å². The summed E-state index contributed by atoms with van der Waals surface area (Å²) in [6.45, 7) is 4.44. The fourth-order valence-electron chi connectivity index (χ4n) is 1.85. The molecule has 0 saturated carbocycles. The van der Waals surface area contributed by atoms with E-state index in [1.165, 1.54) is 0 Å². The van der Waals surface area contributed by atoms with Crippen LogP contribution in [0.15, 0.2) is 22.8 Å². The highest BCUT2D eigenvalue weighted by Crippen LogP contribution is 2.05. The highest BCUT2D eigenvalue weighted by Gasteiger charge is 2.15. The van der Waals surface area contributed by atoms with Gasteiger partial charge in [-0.3, -0.25) is 4.90 Å². The van der Waals surface area contributed by atoms with E-state index >= 15 is 0 Å². The molecule has 1 saturated heterocycles. The van der Waals surface area contributed by atoms with Gasteiger partial charge < -0.3 is 14.5 Å². The molecule has 0 aromatic carbocycles. The molecule has 1 unspecified atom stereocenters. The third kappa shape index (κ3) is 3.34. The zero-order valence-corrected chi connectivity index (χ0v) is 9.11. The van der Waals surface area contributed by atoms with E-state index in [0.29, 0.717) is 6.04 Å². The normalized spacial score (nSPS) is 22.1. The van der Waals surface area contributed by atoms with Gasteiger partial charge in [0.25, 0.3) is 0 Å². The van der Waals surface area contributed by atoms with Gasteiger partial charge in [-0.1, -0.05) is 0 Å².